The SMILES string of the molecule is CCc1cccc(OCC2(CS)CC2)c1. The van der Waals surface area contributed by atoms with E-state index in [1.165, 1.54) is 18.4 Å². The van der Waals surface area contributed by atoms with Gasteiger partial charge in [0.05, 0.1) is 6.61 Å². The molecule has 0 bridgehead atoms. The normalized spacial score (nSPS) is 17.5. The Kier molecular flexibility index (Phi) is 3.25. The fraction of sp³-hybridized carbons (Fsp3) is 0.538. The van der Waals surface area contributed by atoms with Crippen LogP contribution >= 0.6 is 12.6 Å². The molecule has 0 aromatic heterocycles. The zero-order valence-electron chi connectivity index (χ0n) is 9.20. The van der Waals surface area contributed by atoms with Crippen LogP contribution in [0.1, 0.15) is 25.3 Å². The number of thiol groups is 1. The van der Waals surface area contributed by atoms with Crippen molar-refractivity contribution in [3.05, 3.63) is 29.8 Å². The minimum absolute atomic E-state index is 0.380. The molecule has 0 aliphatic heterocycles. The fourth-order valence-electron chi connectivity index (χ4n) is 1.62. The summed E-state index contributed by atoms with van der Waals surface area (Å²) >= 11 is 4.37. The predicted octanol–water partition coefficient (Wildman–Crippen LogP) is 3.34. The summed E-state index contributed by atoms with van der Waals surface area (Å²) in [5.41, 5.74) is 1.72. The molecule has 0 amide bonds. The minimum atomic E-state index is 0.380. The smallest absolute Gasteiger partial charge is 0.119 e. The molecule has 1 aliphatic rings. The molecule has 82 valence electrons. The van der Waals surface area contributed by atoms with E-state index in [-0.39, 0.29) is 0 Å². The first kappa shape index (κ1) is 10.9. The van der Waals surface area contributed by atoms with Crippen molar-refractivity contribution in [1.29, 1.82) is 0 Å². The third-order valence-electron chi connectivity index (χ3n) is 3.14. The summed E-state index contributed by atoms with van der Waals surface area (Å²) in [7, 11) is 0. The molecular formula is C13H18OS. The monoisotopic (exact) mass is 222 g/mol. The van der Waals surface area contributed by atoms with E-state index < -0.39 is 0 Å². The number of benzene rings is 1. The highest BCUT2D eigenvalue weighted by molar-refractivity contribution is 7.80. The average Bonchev–Trinajstić information content (AvgIpc) is 3.07. The Morgan fingerprint density at radius 1 is 1.40 bits per heavy atom. The van der Waals surface area contributed by atoms with Crippen molar-refractivity contribution in [1.82, 2.24) is 0 Å². The molecule has 0 unspecified atom stereocenters. The zero-order chi connectivity index (χ0) is 10.7. The van der Waals surface area contributed by atoms with Crippen LogP contribution in [0.5, 0.6) is 5.75 Å². The van der Waals surface area contributed by atoms with Crippen LogP contribution in [0.15, 0.2) is 24.3 Å². The predicted molar refractivity (Wildman–Crippen MR) is 66.8 cm³/mol. The van der Waals surface area contributed by atoms with Gasteiger partial charge in [-0.2, -0.15) is 12.6 Å². The summed E-state index contributed by atoms with van der Waals surface area (Å²) in [6, 6.07) is 8.37. The number of aryl methyl sites for hydroxylation is 1. The van der Waals surface area contributed by atoms with Crippen molar-refractivity contribution in [2.24, 2.45) is 5.41 Å². The first-order chi connectivity index (χ1) is 7.28. The molecule has 1 aromatic rings. The molecule has 1 aromatic carbocycles. The van der Waals surface area contributed by atoms with E-state index in [0.29, 0.717) is 5.41 Å². The third-order valence-corrected chi connectivity index (χ3v) is 3.82. The Morgan fingerprint density at radius 3 is 2.80 bits per heavy atom. The topological polar surface area (TPSA) is 9.23 Å². The lowest BCUT2D eigenvalue weighted by Crippen LogP contribution is -2.14. The summed E-state index contributed by atoms with van der Waals surface area (Å²) in [6.07, 6.45) is 3.60. The number of rotatable bonds is 5. The van der Waals surface area contributed by atoms with Gasteiger partial charge in [-0.15, -0.1) is 0 Å². The van der Waals surface area contributed by atoms with E-state index in [1.54, 1.807) is 0 Å². The number of ether oxygens (including phenoxy) is 1. The standard InChI is InChI=1S/C13H18OS/c1-2-11-4-3-5-12(8-11)14-9-13(10-15)6-7-13/h3-5,8,15H,2,6-7,9-10H2,1H3. The van der Waals surface area contributed by atoms with Gasteiger partial charge in [0.1, 0.15) is 5.75 Å². The maximum absolute atomic E-state index is 5.82. The van der Waals surface area contributed by atoms with Crippen LogP contribution in [0.4, 0.5) is 0 Å². The summed E-state index contributed by atoms with van der Waals surface area (Å²) in [5, 5.41) is 0. The molecule has 0 saturated heterocycles. The van der Waals surface area contributed by atoms with Crippen LogP contribution in [-0.4, -0.2) is 12.4 Å². The second-order valence-electron chi connectivity index (χ2n) is 4.45. The molecule has 1 aliphatic carbocycles. The van der Waals surface area contributed by atoms with Gasteiger partial charge >= 0.3 is 0 Å². The second kappa shape index (κ2) is 4.48. The van der Waals surface area contributed by atoms with Crippen molar-refractivity contribution in [3.63, 3.8) is 0 Å². The lowest BCUT2D eigenvalue weighted by atomic mass is 10.1. The third kappa shape index (κ3) is 2.69. The highest BCUT2D eigenvalue weighted by atomic mass is 32.1. The highest BCUT2D eigenvalue weighted by Gasteiger charge is 2.42. The molecule has 0 radical (unpaired) electrons. The summed E-state index contributed by atoms with van der Waals surface area (Å²) in [5.74, 6) is 1.95. The minimum Gasteiger partial charge on any atom is -0.493 e. The van der Waals surface area contributed by atoms with Crippen LogP contribution in [0.2, 0.25) is 0 Å². The van der Waals surface area contributed by atoms with Gasteiger partial charge in [0.2, 0.25) is 0 Å². The van der Waals surface area contributed by atoms with Crippen LogP contribution in [0.3, 0.4) is 0 Å². The fourth-order valence-corrected chi connectivity index (χ4v) is 2.02. The molecule has 15 heavy (non-hydrogen) atoms. The lowest BCUT2D eigenvalue weighted by Gasteiger charge is -2.13. The van der Waals surface area contributed by atoms with Gasteiger partial charge in [0.25, 0.3) is 0 Å². The summed E-state index contributed by atoms with van der Waals surface area (Å²) < 4.78 is 5.82. The molecule has 0 heterocycles. The van der Waals surface area contributed by atoms with Gasteiger partial charge in [-0.1, -0.05) is 19.1 Å². The first-order valence-electron chi connectivity index (χ1n) is 5.61. The van der Waals surface area contributed by atoms with Crippen LogP contribution in [0, 0.1) is 5.41 Å². The van der Waals surface area contributed by atoms with E-state index in [9.17, 15) is 0 Å². The molecule has 2 rings (SSSR count). The van der Waals surface area contributed by atoms with Gasteiger partial charge in [-0.25, -0.2) is 0 Å². The van der Waals surface area contributed by atoms with Gasteiger partial charge in [-0.3, -0.25) is 0 Å². The quantitative estimate of drug-likeness (QED) is 0.752. The van der Waals surface area contributed by atoms with E-state index in [2.05, 4.69) is 37.8 Å². The molecule has 1 nitrogen and oxygen atoms in total. The Labute approximate surface area is 97.2 Å². The number of hydrogen-bond acceptors (Lipinski definition) is 2. The average molecular weight is 222 g/mol. The maximum atomic E-state index is 5.82. The molecule has 2 heteroatoms. The lowest BCUT2D eigenvalue weighted by molar-refractivity contribution is 0.250. The summed E-state index contributed by atoms with van der Waals surface area (Å²) in [4.78, 5) is 0. The van der Waals surface area contributed by atoms with Crippen molar-refractivity contribution >= 4 is 12.6 Å². The Balaban J connectivity index is 1.93. The van der Waals surface area contributed by atoms with Crippen LogP contribution in [0.25, 0.3) is 0 Å². The van der Waals surface area contributed by atoms with Crippen LogP contribution in [-0.2, 0) is 6.42 Å². The molecule has 0 atom stereocenters. The van der Waals surface area contributed by atoms with Crippen molar-refractivity contribution in [2.45, 2.75) is 26.2 Å². The van der Waals surface area contributed by atoms with Crippen molar-refractivity contribution in [3.8, 4) is 5.75 Å². The van der Waals surface area contributed by atoms with Crippen molar-refractivity contribution in [2.75, 3.05) is 12.4 Å². The Hall–Kier alpha value is -0.630. The van der Waals surface area contributed by atoms with Gasteiger partial charge in [0, 0.05) is 5.41 Å². The zero-order valence-corrected chi connectivity index (χ0v) is 10.1. The number of hydrogen-bond donors (Lipinski definition) is 1. The molecule has 0 N–H and O–H groups in total. The van der Waals surface area contributed by atoms with Gasteiger partial charge < -0.3 is 4.74 Å². The van der Waals surface area contributed by atoms with E-state index >= 15 is 0 Å². The second-order valence-corrected chi connectivity index (χ2v) is 4.76. The van der Waals surface area contributed by atoms with Crippen molar-refractivity contribution < 1.29 is 4.74 Å². The molecule has 0 spiro atoms. The highest BCUT2D eigenvalue weighted by Crippen LogP contribution is 2.46. The Bertz CT molecular complexity index is 331. The Morgan fingerprint density at radius 2 is 2.20 bits per heavy atom. The van der Waals surface area contributed by atoms with Gasteiger partial charge in [-0.05, 0) is 42.7 Å². The molecular weight excluding hydrogens is 204 g/mol. The van der Waals surface area contributed by atoms with Gasteiger partial charge in [0.15, 0.2) is 0 Å². The van der Waals surface area contributed by atoms with Crippen LogP contribution < -0.4 is 4.74 Å². The van der Waals surface area contributed by atoms with E-state index in [0.717, 1.165) is 24.5 Å². The molecule has 1 fully saturated rings. The van der Waals surface area contributed by atoms with E-state index in [4.69, 9.17) is 4.74 Å². The maximum Gasteiger partial charge on any atom is 0.119 e. The van der Waals surface area contributed by atoms with E-state index in [1.807, 2.05) is 6.07 Å². The summed E-state index contributed by atoms with van der Waals surface area (Å²) in [6.45, 7) is 2.99. The first-order valence-corrected chi connectivity index (χ1v) is 6.24. The largest absolute Gasteiger partial charge is 0.493 e. The molecule has 1 saturated carbocycles.